The smallest absolute Gasteiger partial charge is 0.275 e. The van der Waals surface area contributed by atoms with Gasteiger partial charge in [-0.2, -0.15) is 0 Å². The van der Waals surface area contributed by atoms with Crippen molar-refractivity contribution < 1.29 is 18.7 Å². The van der Waals surface area contributed by atoms with Gasteiger partial charge in [0.1, 0.15) is 28.9 Å². The largest absolute Gasteiger partial charge is 0.486 e. The zero-order valence-corrected chi connectivity index (χ0v) is 22.0. The minimum Gasteiger partial charge on any atom is -0.486 e. The first kappa shape index (κ1) is 25.6. The molecule has 194 valence electrons. The first-order chi connectivity index (χ1) is 18.4. The molecule has 0 aliphatic carbocycles. The third kappa shape index (κ3) is 5.60. The Bertz CT molecular complexity index is 1450. The number of nitrogens with one attached hydrogen (secondary N) is 1. The number of aromatic nitrogens is 1. The van der Waals surface area contributed by atoms with Gasteiger partial charge in [0, 0.05) is 23.5 Å². The highest BCUT2D eigenvalue weighted by atomic mass is 32.1. The van der Waals surface area contributed by atoms with Crippen molar-refractivity contribution in [2.45, 2.75) is 32.9 Å². The van der Waals surface area contributed by atoms with Crippen LogP contribution in [0.2, 0.25) is 0 Å². The summed E-state index contributed by atoms with van der Waals surface area (Å²) in [5.74, 6) is -0.134. The minimum atomic E-state index is -0.425. The maximum Gasteiger partial charge on any atom is 0.275 e. The van der Waals surface area contributed by atoms with Gasteiger partial charge in [0.2, 0.25) is 5.91 Å². The summed E-state index contributed by atoms with van der Waals surface area (Å²) >= 11 is 1.32. The predicted molar refractivity (Wildman–Crippen MR) is 146 cm³/mol. The molecule has 1 N–H and O–H groups in total. The Balaban J connectivity index is 1.32. The van der Waals surface area contributed by atoms with E-state index in [1.54, 1.807) is 11.4 Å². The van der Waals surface area contributed by atoms with Crippen molar-refractivity contribution in [3.05, 3.63) is 111 Å². The van der Waals surface area contributed by atoms with E-state index < -0.39 is 11.7 Å². The topological polar surface area (TPSA) is 71.5 Å². The van der Waals surface area contributed by atoms with E-state index in [4.69, 9.17) is 4.74 Å². The Morgan fingerprint density at radius 3 is 2.68 bits per heavy atom. The van der Waals surface area contributed by atoms with Crippen molar-refractivity contribution in [2.24, 2.45) is 5.92 Å². The van der Waals surface area contributed by atoms with E-state index in [1.165, 1.54) is 35.1 Å². The van der Waals surface area contributed by atoms with E-state index in [9.17, 15) is 14.0 Å². The molecular weight excluding hydrogens is 501 g/mol. The Morgan fingerprint density at radius 2 is 1.92 bits per heavy atom. The quantitative estimate of drug-likeness (QED) is 0.308. The summed E-state index contributed by atoms with van der Waals surface area (Å²) < 4.78 is 19.5. The molecule has 6 nitrogen and oxygen atoms in total. The van der Waals surface area contributed by atoms with Gasteiger partial charge in [-0.25, -0.2) is 9.37 Å². The van der Waals surface area contributed by atoms with Crippen LogP contribution in [0.5, 0.6) is 5.75 Å². The van der Waals surface area contributed by atoms with Crippen LogP contribution in [-0.2, 0) is 17.8 Å². The molecule has 1 aromatic heterocycles. The van der Waals surface area contributed by atoms with Gasteiger partial charge in [-0.1, -0.05) is 56.3 Å². The second-order valence-corrected chi connectivity index (χ2v) is 10.4. The molecule has 1 aliphatic heterocycles. The van der Waals surface area contributed by atoms with Crippen molar-refractivity contribution in [3.8, 4) is 5.75 Å². The van der Waals surface area contributed by atoms with Gasteiger partial charge >= 0.3 is 0 Å². The molecule has 3 aromatic carbocycles. The highest BCUT2D eigenvalue weighted by Gasteiger charge is 2.33. The number of fused-ring (bicyclic) bond motifs is 1. The van der Waals surface area contributed by atoms with Crippen molar-refractivity contribution in [1.29, 1.82) is 0 Å². The SMILES string of the molecule is CC(C)C(=O)N1CCc2ccc(OCc3nc(C(=O)Nc4cccc(F)c4)cs3)cc2C1c1ccccc1. The van der Waals surface area contributed by atoms with E-state index in [1.807, 2.05) is 49.1 Å². The molecule has 0 saturated carbocycles. The molecular formula is C30H28FN3O3S. The lowest BCUT2D eigenvalue weighted by Crippen LogP contribution is -2.42. The van der Waals surface area contributed by atoms with Gasteiger partial charge in [-0.15, -0.1) is 11.3 Å². The van der Waals surface area contributed by atoms with Gasteiger partial charge in [-0.05, 0) is 53.4 Å². The second-order valence-electron chi connectivity index (χ2n) is 9.49. The number of ether oxygens (including phenoxy) is 1. The lowest BCUT2D eigenvalue weighted by Gasteiger charge is -2.39. The number of carbonyl (C=O) groups is 2. The molecule has 8 heteroatoms. The zero-order valence-electron chi connectivity index (χ0n) is 21.2. The Hall–Kier alpha value is -4.04. The maximum absolute atomic E-state index is 13.4. The number of carbonyl (C=O) groups excluding carboxylic acids is 2. The molecule has 0 radical (unpaired) electrons. The van der Waals surface area contributed by atoms with Crippen LogP contribution in [0.1, 0.15) is 52.1 Å². The fourth-order valence-corrected chi connectivity index (χ4v) is 5.32. The molecule has 0 saturated heterocycles. The van der Waals surface area contributed by atoms with Crippen molar-refractivity contribution >= 4 is 28.8 Å². The van der Waals surface area contributed by atoms with Crippen LogP contribution >= 0.6 is 11.3 Å². The van der Waals surface area contributed by atoms with Crippen molar-refractivity contribution in [3.63, 3.8) is 0 Å². The Kier molecular flexibility index (Phi) is 7.51. The average Bonchev–Trinajstić information content (AvgIpc) is 3.40. The fourth-order valence-electron chi connectivity index (χ4n) is 4.63. The molecule has 2 amide bonds. The van der Waals surface area contributed by atoms with E-state index in [2.05, 4.69) is 28.5 Å². The van der Waals surface area contributed by atoms with Crippen LogP contribution < -0.4 is 10.1 Å². The van der Waals surface area contributed by atoms with Crippen LogP contribution in [0.25, 0.3) is 0 Å². The predicted octanol–water partition coefficient (Wildman–Crippen LogP) is 6.24. The summed E-state index contributed by atoms with van der Waals surface area (Å²) in [6.07, 6.45) is 0.785. The Morgan fingerprint density at radius 1 is 1.11 bits per heavy atom. The van der Waals surface area contributed by atoms with Crippen LogP contribution in [0.15, 0.2) is 78.2 Å². The monoisotopic (exact) mass is 529 g/mol. The Labute approximate surface area is 225 Å². The number of rotatable bonds is 7. The number of anilines is 1. The van der Waals surface area contributed by atoms with E-state index in [-0.39, 0.29) is 30.2 Å². The van der Waals surface area contributed by atoms with Crippen LogP contribution in [0.4, 0.5) is 10.1 Å². The van der Waals surface area contributed by atoms with Gasteiger partial charge < -0.3 is 15.0 Å². The average molecular weight is 530 g/mol. The number of hydrogen-bond donors (Lipinski definition) is 1. The summed E-state index contributed by atoms with van der Waals surface area (Å²) in [5, 5.41) is 4.95. The van der Waals surface area contributed by atoms with E-state index in [0.717, 1.165) is 17.5 Å². The van der Waals surface area contributed by atoms with E-state index >= 15 is 0 Å². The third-order valence-corrected chi connectivity index (χ3v) is 7.29. The normalized spacial score (nSPS) is 14.7. The molecule has 4 aromatic rings. The lowest BCUT2D eigenvalue weighted by atomic mass is 9.87. The zero-order chi connectivity index (χ0) is 26.6. The summed E-state index contributed by atoms with van der Waals surface area (Å²) in [4.78, 5) is 32.0. The lowest BCUT2D eigenvalue weighted by molar-refractivity contribution is -0.136. The molecule has 0 fully saturated rings. The molecule has 0 bridgehead atoms. The maximum atomic E-state index is 13.4. The highest BCUT2D eigenvalue weighted by Crippen LogP contribution is 2.38. The molecule has 38 heavy (non-hydrogen) atoms. The van der Waals surface area contributed by atoms with E-state index in [0.29, 0.717) is 23.0 Å². The highest BCUT2D eigenvalue weighted by molar-refractivity contribution is 7.09. The molecule has 0 spiro atoms. The summed E-state index contributed by atoms with van der Waals surface area (Å²) in [7, 11) is 0. The number of nitrogens with zero attached hydrogens (tertiary/aromatic N) is 2. The summed E-state index contributed by atoms with van der Waals surface area (Å²) in [6.45, 7) is 4.73. The number of halogens is 1. The van der Waals surface area contributed by atoms with Gasteiger partial charge in [0.25, 0.3) is 5.91 Å². The number of hydrogen-bond acceptors (Lipinski definition) is 5. The van der Waals surface area contributed by atoms with Crippen LogP contribution in [-0.4, -0.2) is 28.2 Å². The third-order valence-electron chi connectivity index (χ3n) is 6.47. The summed E-state index contributed by atoms with van der Waals surface area (Å²) in [5.41, 5.74) is 3.93. The number of benzene rings is 3. The van der Waals surface area contributed by atoms with Crippen molar-refractivity contribution in [2.75, 3.05) is 11.9 Å². The molecule has 1 atom stereocenters. The summed E-state index contributed by atoms with van der Waals surface area (Å²) in [6, 6.07) is 21.6. The molecule has 1 aliphatic rings. The standard InChI is InChI=1S/C30H28FN3O3S/c1-19(2)30(36)34-14-13-20-11-12-24(16-25(20)28(34)21-7-4-3-5-8-21)37-17-27-33-26(18-38-27)29(35)32-23-10-6-9-22(31)15-23/h3-12,15-16,18-19,28H,13-14,17H2,1-2H3,(H,32,35). The molecule has 1 unspecified atom stereocenters. The minimum absolute atomic E-state index is 0.0978. The van der Waals surface area contributed by atoms with Crippen molar-refractivity contribution in [1.82, 2.24) is 9.88 Å². The first-order valence-electron chi connectivity index (χ1n) is 12.5. The number of amides is 2. The van der Waals surface area contributed by atoms with Crippen LogP contribution in [0.3, 0.4) is 0 Å². The number of thiazole rings is 1. The fraction of sp³-hybridized carbons (Fsp3) is 0.233. The van der Waals surface area contributed by atoms with Gasteiger partial charge in [-0.3, -0.25) is 9.59 Å². The van der Waals surface area contributed by atoms with Crippen LogP contribution in [0, 0.1) is 11.7 Å². The molecule has 5 rings (SSSR count). The van der Waals surface area contributed by atoms with Gasteiger partial charge in [0.05, 0.1) is 6.04 Å². The second kappa shape index (κ2) is 11.1. The molecule has 2 heterocycles. The first-order valence-corrected chi connectivity index (χ1v) is 13.4. The van der Waals surface area contributed by atoms with Gasteiger partial charge in [0.15, 0.2) is 0 Å².